The van der Waals surface area contributed by atoms with Crippen LogP contribution in [-0.2, 0) is 41.4 Å². The summed E-state index contributed by atoms with van der Waals surface area (Å²) in [5.74, 6) is -1.47. The highest BCUT2D eigenvalue weighted by Gasteiger charge is 2.48. The third-order valence-electron chi connectivity index (χ3n) is 4.06. The van der Waals surface area contributed by atoms with Crippen LogP contribution >= 0.6 is 0 Å². The van der Waals surface area contributed by atoms with Crippen LogP contribution in [-0.4, -0.2) is 49.2 Å². The van der Waals surface area contributed by atoms with Crippen LogP contribution in [0.5, 0.6) is 5.75 Å². The van der Waals surface area contributed by atoms with Crippen molar-refractivity contribution >= 4 is 47.4 Å². The van der Waals surface area contributed by atoms with Crippen LogP contribution in [0.1, 0.15) is 12.0 Å². The molecule has 35 heavy (non-hydrogen) atoms. The Hall–Kier alpha value is -3.05. The van der Waals surface area contributed by atoms with Gasteiger partial charge in [0.25, 0.3) is 0 Å². The zero-order valence-corrected chi connectivity index (χ0v) is 20.5. The number of halogens is 3. The van der Waals surface area contributed by atoms with Crippen molar-refractivity contribution in [3.05, 3.63) is 42.0 Å². The number of alkyl halides is 3. The van der Waals surface area contributed by atoms with Crippen molar-refractivity contribution in [2.24, 2.45) is 5.73 Å². The molecule has 11 nitrogen and oxygen atoms in total. The molecule has 0 aliphatic heterocycles. The van der Waals surface area contributed by atoms with Gasteiger partial charge >= 0.3 is 15.6 Å². The van der Waals surface area contributed by atoms with Crippen LogP contribution in [0.3, 0.4) is 0 Å². The molecular weight excluding hydrogens is 539 g/mol. The van der Waals surface area contributed by atoms with Crippen molar-refractivity contribution in [1.82, 2.24) is 0 Å². The molecular formula is C18H20F3N3O8S3. The van der Waals surface area contributed by atoms with Gasteiger partial charge in [-0.05, 0) is 53.4 Å². The van der Waals surface area contributed by atoms with Gasteiger partial charge in [-0.25, -0.2) is 16.8 Å². The molecule has 0 aromatic heterocycles. The van der Waals surface area contributed by atoms with E-state index >= 15 is 0 Å². The Morgan fingerprint density at radius 3 is 1.86 bits per heavy atom. The Morgan fingerprint density at radius 2 is 1.43 bits per heavy atom. The largest absolute Gasteiger partial charge is 0.534 e. The first-order chi connectivity index (χ1) is 15.8. The first kappa shape index (κ1) is 28.2. The lowest BCUT2D eigenvalue weighted by Gasteiger charge is -2.16. The quantitative estimate of drug-likeness (QED) is 0.291. The van der Waals surface area contributed by atoms with Crippen LogP contribution in [0, 0.1) is 0 Å². The summed E-state index contributed by atoms with van der Waals surface area (Å²) in [4.78, 5) is 11.3. The Labute approximate surface area is 199 Å². The van der Waals surface area contributed by atoms with Crippen molar-refractivity contribution in [3.8, 4) is 16.9 Å². The van der Waals surface area contributed by atoms with Gasteiger partial charge in [0.15, 0.2) is 0 Å². The smallest absolute Gasteiger partial charge is 0.376 e. The minimum atomic E-state index is -5.98. The van der Waals surface area contributed by atoms with Gasteiger partial charge < -0.3 is 9.92 Å². The van der Waals surface area contributed by atoms with Crippen molar-refractivity contribution < 1.29 is 47.4 Å². The zero-order chi connectivity index (χ0) is 26.8. The lowest BCUT2D eigenvalue weighted by molar-refractivity contribution is -0.118. The highest BCUT2D eigenvalue weighted by Crippen LogP contribution is 2.35. The monoisotopic (exact) mass is 559 g/mol. The summed E-state index contributed by atoms with van der Waals surface area (Å²) in [6.07, 6.45) is 1.27. The van der Waals surface area contributed by atoms with E-state index in [1.807, 2.05) is 0 Å². The molecule has 0 spiro atoms. The van der Waals surface area contributed by atoms with Gasteiger partial charge in [-0.1, -0.05) is 6.07 Å². The minimum absolute atomic E-state index is 0.0584. The number of benzene rings is 2. The van der Waals surface area contributed by atoms with E-state index in [0.717, 1.165) is 24.6 Å². The fourth-order valence-electron chi connectivity index (χ4n) is 2.87. The summed E-state index contributed by atoms with van der Waals surface area (Å²) in [5.41, 5.74) is -0.163. The fourth-order valence-corrected chi connectivity index (χ4v) is 4.41. The number of carbonyl (C=O) groups is 1. The van der Waals surface area contributed by atoms with Gasteiger partial charge in [-0.2, -0.15) is 21.6 Å². The van der Waals surface area contributed by atoms with Gasteiger partial charge in [0, 0.05) is 6.42 Å². The first-order valence-corrected chi connectivity index (χ1v) is 14.5. The summed E-state index contributed by atoms with van der Waals surface area (Å²) < 4.78 is 116. The number of hydrogen-bond acceptors (Lipinski definition) is 8. The van der Waals surface area contributed by atoms with E-state index in [4.69, 9.17) is 5.73 Å². The number of aryl methyl sites for hydroxylation is 1. The van der Waals surface area contributed by atoms with Gasteiger partial charge in [0.05, 0.1) is 23.9 Å². The topological polar surface area (TPSA) is 179 Å². The second kappa shape index (κ2) is 9.90. The van der Waals surface area contributed by atoms with Crippen LogP contribution < -0.4 is 19.4 Å². The number of amides is 1. The van der Waals surface area contributed by atoms with Crippen LogP contribution in [0.2, 0.25) is 0 Å². The maximum atomic E-state index is 12.7. The molecule has 2 aromatic rings. The van der Waals surface area contributed by atoms with Gasteiger partial charge in [0.2, 0.25) is 26.0 Å². The molecule has 0 fully saturated rings. The summed E-state index contributed by atoms with van der Waals surface area (Å²) in [6, 6.07) is 6.80. The number of nitrogens with one attached hydrogen (secondary N) is 2. The van der Waals surface area contributed by atoms with E-state index in [-0.39, 0.29) is 40.9 Å². The summed E-state index contributed by atoms with van der Waals surface area (Å²) >= 11 is 0. The van der Waals surface area contributed by atoms with E-state index in [9.17, 15) is 43.2 Å². The van der Waals surface area contributed by atoms with Gasteiger partial charge in [-0.3, -0.25) is 14.2 Å². The summed E-state index contributed by atoms with van der Waals surface area (Å²) in [7, 11) is -13.6. The maximum Gasteiger partial charge on any atom is 0.534 e. The molecule has 2 aromatic carbocycles. The molecule has 4 N–H and O–H groups in total. The van der Waals surface area contributed by atoms with E-state index in [0.29, 0.717) is 0 Å². The SMILES string of the molecule is CS(=O)(=O)Nc1cc(NS(C)(=O)=O)cc(-c2ccc(OS(=O)(=O)C(F)(F)F)cc2CCC(N)=O)c1. The van der Waals surface area contributed by atoms with Crippen molar-refractivity contribution in [3.63, 3.8) is 0 Å². The Balaban J connectivity index is 2.68. The highest BCUT2D eigenvalue weighted by atomic mass is 32.2. The van der Waals surface area contributed by atoms with Crippen LogP contribution in [0.25, 0.3) is 11.1 Å². The second-order valence-corrected chi connectivity index (χ2v) is 12.4. The number of carbonyl (C=O) groups excluding carboxylic acids is 1. The van der Waals surface area contributed by atoms with Gasteiger partial charge in [-0.15, -0.1) is 0 Å². The molecule has 1 amide bonds. The average Bonchev–Trinajstić information content (AvgIpc) is 2.62. The Kier molecular flexibility index (Phi) is 7.98. The molecule has 0 bridgehead atoms. The predicted octanol–water partition coefficient (Wildman–Crippen LogP) is 1.74. The normalized spacial score (nSPS) is 12.7. The fraction of sp³-hybridized carbons (Fsp3) is 0.278. The predicted molar refractivity (Wildman–Crippen MR) is 122 cm³/mol. The van der Waals surface area contributed by atoms with Crippen LogP contribution in [0.4, 0.5) is 24.5 Å². The zero-order valence-electron chi connectivity index (χ0n) is 18.1. The molecule has 0 heterocycles. The molecule has 0 saturated heterocycles. The number of sulfonamides is 2. The van der Waals surface area contributed by atoms with Crippen molar-refractivity contribution in [2.75, 3.05) is 22.0 Å². The Bertz CT molecular complexity index is 1400. The lowest BCUT2D eigenvalue weighted by Crippen LogP contribution is -2.28. The molecule has 2 rings (SSSR count). The third-order valence-corrected chi connectivity index (χ3v) is 6.25. The standard InChI is InChI=1S/C18H20F3N3O8S3/c1-33(26,27)23-13-7-12(8-14(10-13)24-34(2,28)29)16-5-4-15(9-11(16)3-6-17(22)25)32-35(30,31)18(19,20)21/h4-5,7-10,23-24H,3,6H2,1-2H3,(H2,22,25). The summed E-state index contributed by atoms with van der Waals surface area (Å²) in [6.45, 7) is 0. The highest BCUT2D eigenvalue weighted by molar-refractivity contribution is 7.92. The van der Waals surface area contributed by atoms with Gasteiger partial charge in [0.1, 0.15) is 5.75 Å². The molecule has 0 atom stereocenters. The Morgan fingerprint density at radius 1 is 0.914 bits per heavy atom. The summed E-state index contributed by atoms with van der Waals surface area (Å²) in [5, 5.41) is 0. The average molecular weight is 560 g/mol. The van der Waals surface area contributed by atoms with Crippen molar-refractivity contribution in [1.29, 1.82) is 0 Å². The molecule has 0 unspecified atom stereocenters. The molecule has 17 heteroatoms. The van der Waals surface area contributed by atoms with E-state index in [2.05, 4.69) is 13.6 Å². The molecule has 0 radical (unpaired) electrons. The third kappa shape index (κ3) is 8.59. The number of hydrogen-bond donors (Lipinski definition) is 3. The number of nitrogens with two attached hydrogens (primary N) is 1. The minimum Gasteiger partial charge on any atom is -0.376 e. The molecule has 0 aliphatic carbocycles. The number of anilines is 2. The number of primary amides is 1. The lowest BCUT2D eigenvalue weighted by atomic mass is 9.95. The first-order valence-electron chi connectivity index (χ1n) is 9.29. The van der Waals surface area contributed by atoms with E-state index in [1.165, 1.54) is 24.3 Å². The van der Waals surface area contributed by atoms with E-state index in [1.54, 1.807) is 0 Å². The molecule has 0 aliphatic rings. The van der Waals surface area contributed by atoms with E-state index < -0.39 is 47.3 Å². The van der Waals surface area contributed by atoms with Crippen molar-refractivity contribution in [2.45, 2.75) is 18.3 Å². The second-order valence-electron chi connectivity index (χ2n) is 7.32. The molecule has 194 valence electrons. The maximum absolute atomic E-state index is 12.7. The molecule has 0 saturated carbocycles. The van der Waals surface area contributed by atoms with Crippen LogP contribution in [0.15, 0.2) is 36.4 Å². The number of rotatable bonds is 10.